The topological polar surface area (TPSA) is 96.9 Å². The summed E-state index contributed by atoms with van der Waals surface area (Å²) in [6.07, 6.45) is 1.28. The predicted octanol–water partition coefficient (Wildman–Crippen LogP) is 1.83. The van der Waals surface area contributed by atoms with Gasteiger partial charge in [-0.25, -0.2) is 4.79 Å². The Morgan fingerprint density at radius 1 is 1.14 bits per heavy atom. The molecule has 0 unspecified atom stereocenters. The molecule has 2 amide bonds. The third-order valence-corrected chi connectivity index (χ3v) is 2.90. The van der Waals surface area contributed by atoms with Crippen molar-refractivity contribution >= 4 is 17.7 Å². The van der Waals surface area contributed by atoms with Crippen molar-refractivity contribution in [1.82, 2.24) is 5.32 Å². The second-order valence-corrected chi connectivity index (χ2v) is 4.59. The van der Waals surface area contributed by atoms with Gasteiger partial charge in [0, 0.05) is 24.7 Å². The number of hydrogen-bond acceptors (Lipinski definition) is 4. The van der Waals surface area contributed by atoms with Crippen LogP contribution in [0.15, 0.2) is 18.2 Å². The van der Waals surface area contributed by atoms with Gasteiger partial charge in [0.1, 0.15) is 13.2 Å². The Labute approximate surface area is 122 Å². The molecular weight excluding hydrogens is 276 g/mol. The SMILES string of the molecule is O=C(O)CCCCNC(=O)Nc1ccc2c(c1)OCCO2. The van der Waals surface area contributed by atoms with Gasteiger partial charge in [-0.2, -0.15) is 0 Å². The van der Waals surface area contributed by atoms with E-state index in [0.29, 0.717) is 49.8 Å². The highest BCUT2D eigenvalue weighted by atomic mass is 16.6. The average molecular weight is 294 g/mol. The monoisotopic (exact) mass is 294 g/mol. The minimum atomic E-state index is -0.823. The predicted molar refractivity (Wildman–Crippen MR) is 75.9 cm³/mol. The van der Waals surface area contributed by atoms with Crippen molar-refractivity contribution in [2.75, 3.05) is 25.1 Å². The second-order valence-electron chi connectivity index (χ2n) is 4.59. The Hall–Kier alpha value is -2.44. The molecule has 0 radical (unpaired) electrons. The molecule has 21 heavy (non-hydrogen) atoms. The first-order valence-electron chi connectivity index (χ1n) is 6.81. The standard InChI is InChI=1S/C14H18N2O5/c17-13(18)3-1-2-6-15-14(19)16-10-4-5-11-12(9-10)21-8-7-20-11/h4-5,9H,1-3,6-8H2,(H,17,18)(H2,15,16,19). The summed E-state index contributed by atoms with van der Waals surface area (Å²) in [6, 6.07) is 4.86. The highest BCUT2D eigenvalue weighted by Crippen LogP contribution is 2.32. The van der Waals surface area contributed by atoms with E-state index in [-0.39, 0.29) is 12.5 Å². The normalized spacial score (nSPS) is 12.6. The fraction of sp³-hybridized carbons (Fsp3) is 0.429. The molecule has 0 fully saturated rings. The zero-order valence-corrected chi connectivity index (χ0v) is 11.6. The molecule has 7 heteroatoms. The molecule has 0 saturated heterocycles. The molecule has 1 aliphatic heterocycles. The summed E-state index contributed by atoms with van der Waals surface area (Å²) < 4.78 is 10.8. The highest BCUT2D eigenvalue weighted by Gasteiger charge is 2.12. The summed E-state index contributed by atoms with van der Waals surface area (Å²) in [7, 11) is 0. The molecule has 0 aliphatic carbocycles. The maximum atomic E-state index is 11.7. The molecule has 0 aromatic heterocycles. The summed E-state index contributed by atoms with van der Waals surface area (Å²) in [6.45, 7) is 1.45. The lowest BCUT2D eigenvalue weighted by atomic mass is 10.2. The van der Waals surface area contributed by atoms with Crippen LogP contribution >= 0.6 is 0 Å². The van der Waals surface area contributed by atoms with Gasteiger partial charge in [-0.05, 0) is 25.0 Å². The third-order valence-electron chi connectivity index (χ3n) is 2.90. The quantitative estimate of drug-likeness (QED) is 0.695. The molecule has 1 aliphatic rings. The van der Waals surface area contributed by atoms with Gasteiger partial charge in [0.05, 0.1) is 0 Å². The van der Waals surface area contributed by atoms with Crippen LogP contribution < -0.4 is 20.1 Å². The maximum absolute atomic E-state index is 11.7. The van der Waals surface area contributed by atoms with Crippen molar-refractivity contribution in [3.8, 4) is 11.5 Å². The van der Waals surface area contributed by atoms with Crippen molar-refractivity contribution in [1.29, 1.82) is 0 Å². The lowest BCUT2D eigenvalue weighted by molar-refractivity contribution is -0.137. The number of unbranched alkanes of at least 4 members (excludes halogenated alkanes) is 1. The number of hydrogen-bond donors (Lipinski definition) is 3. The Balaban J connectivity index is 1.73. The minimum Gasteiger partial charge on any atom is -0.486 e. The highest BCUT2D eigenvalue weighted by molar-refractivity contribution is 5.89. The van der Waals surface area contributed by atoms with E-state index in [4.69, 9.17) is 14.6 Å². The Morgan fingerprint density at radius 2 is 1.90 bits per heavy atom. The summed E-state index contributed by atoms with van der Waals surface area (Å²) in [4.78, 5) is 22.0. The number of benzene rings is 1. The number of carboxylic acid groups (broad SMARTS) is 1. The Morgan fingerprint density at radius 3 is 2.67 bits per heavy atom. The lowest BCUT2D eigenvalue weighted by Crippen LogP contribution is -2.29. The smallest absolute Gasteiger partial charge is 0.319 e. The third kappa shape index (κ3) is 4.87. The fourth-order valence-corrected chi connectivity index (χ4v) is 1.90. The maximum Gasteiger partial charge on any atom is 0.319 e. The van der Waals surface area contributed by atoms with Crippen LogP contribution in [0, 0.1) is 0 Å². The number of nitrogens with one attached hydrogen (secondary N) is 2. The Bertz CT molecular complexity index is 518. The van der Waals surface area contributed by atoms with Crippen LogP contribution in [0.5, 0.6) is 11.5 Å². The molecule has 2 rings (SSSR count). The second kappa shape index (κ2) is 7.37. The summed E-state index contributed by atoms with van der Waals surface area (Å²) in [5.74, 6) is 0.456. The fourth-order valence-electron chi connectivity index (χ4n) is 1.90. The van der Waals surface area contributed by atoms with Crippen LogP contribution in [-0.4, -0.2) is 36.9 Å². The number of aliphatic carboxylic acids is 1. The molecule has 1 aromatic rings. The Kier molecular flexibility index (Phi) is 5.25. The molecule has 1 aromatic carbocycles. The number of fused-ring (bicyclic) bond motifs is 1. The van der Waals surface area contributed by atoms with Crippen LogP contribution in [0.4, 0.5) is 10.5 Å². The first kappa shape index (κ1) is 15.0. The van der Waals surface area contributed by atoms with Gasteiger partial charge in [-0.3, -0.25) is 4.79 Å². The van der Waals surface area contributed by atoms with Gasteiger partial charge in [0.25, 0.3) is 0 Å². The van der Waals surface area contributed by atoms with E-state index < -0.39 is 5.97 Å². The van der Waals surface area contributed by atoms with E-state index in [1.165, 1.54) is 0 Å². The molecule has 7 nitrogen and oxygen atoms in total. The molecule has 0 bridgehead atoms. The van der Waals surface area contributed by atoms with Gasteiger partial charge in [-0.1, -0.05) is 0 Å². The van der Waals surface area contributed by atoms with Gasteiger partial charge >= 0.3 is 12.0 Å². The number of rotatable bonds is 6. The van der Waals surface area contributed by atoms with Crippen LogP contribution in [-0.2, 0) is 4.79 Å². The van der Waals surface area contributed by atoms with Crippen LogP contribution in [0.25, 0.3) is 0 Å². The molecule has 0 saturated carbocycles. The van der Waals surface area contributed by atoms with E-state index in [1.807, 2.05) is 0 Å². The van der Waals surface area contributed by atoms with Crippen molar-refractivity contribution in [2.24, 2.45) is 0 Å². The molecular formula is C14H18N2O5. The number of ether oxygens (including phenoxy) is 2. The number of carboxylic acids is 1. The zero-order valence-electron chi connectivity index (χ0n) is 11.6. The van der Waals surface area contributed by atoms with Crippen molar-refractivity contribution in [2.45, 2.75) is 19.3 Å². The van der Waals surface area contributed by atoms with E-state index in [9.17, 15) is 9.59 Å². The van der Waals surface area contributed by atoms with Gasteiger partial charge in [0.15, 0.2) is 11.5 Å². The van der Waals surface area contributed by atoms with Crippen molar-refractivity contribution < 1.29 is 24.2 Å². The molecule has 0 spiro atoms. The number of carbonyl (C=O) groups excluding carboxylic acids is 1. The summed E-state index contributed by atoms with van der Waals surface area (Å²) in [5.41, 5.74) is 0.613. The first-order valence-corrected chi connectivity index (χ1v) is 6.81. The molecule has 0 atom stereocenters. The van der Waals surface area contributed by atoms with Crippen molar-refractivity contribution in [3.05, 3.63) is 18.2 Å². The van der Waals surface area contributed by atoms with Gasteiger partial charge < -0.3 is 25.2 Å². The number of amides is 2. The largest absolute Gasteiger partial charge is 0.486 e. The van der Waals surface area contributed by atoms with E-state index in [1.54, 1.807) is 18.2 Å². The van der Waals surface area contributed by atoms with Crippen molar-refractivity contribution in [3.63, 3.8) is 0 Å². The summed E-state index contributed by atoms with van der Waals surface area (Å²) >= 11 is 0. The van der Waals surface area contributed by atoms with Crippen LogP contribution in [0.3, 0.4) is 0 Å². The van der Waals surface area contributed by atoms with E-state index >= 15 is 0 Å². The van der Waals surface area contributed by atoms with E-state index in [0.717, 1.165) is 0 Å². The number of carbonyl (C=O) groups is 2. The number of anilines is 1. The average Bonchev–Trinajstić information content (AvgIpc) is 2.46. The van der Waals surface area contributed by atoms with E-state index in [2.05, 4.69) is 10.6 Å². The summed E-state index contributed by atoms with van der Waals surface area (Å²) in [5, 5.41) is 13.9. The number of urea groups is 1. The van der Waals surface area contributed by atoms with Crippen LogP contribution in [0.2, 0.25) is 0 Å². The van der Waals surface area contributed by atoms with Gasteiger partial charge in [0.2, 0.25) is 0 Å². The van der Waals surface area contributed by atoms with Gasteiger partial charge in [-0.15, -0.1) is 0 Å². The minimum absolute atomic E-state index is 0.117. The zero-order chi connectivity index (χ0) is 15.1. The molecule has 3 N–H and O–H groups in total. The first-order chi connectivity index (χ1) is 10.1. The molecule has 1 heterocycles. The lowest BCUT2D eigenvalue weighted by Gasteiger charge is -2.19. The molecule has 114 valence electrons. The van der Waals surface area contributed by atoms with Crippen LogP contribution in [0.1, 0.15) is 19.3 Å².